The van der Waals surface area contributed by atoms with Crippen LogP contribution in [0.2, 0.25) is 0 Å². The summed E-state index contributed by atoms with van der Waals surface area (Å²) in [5, 5.41) is 0.862. The topological polar surface area (TPSA) is 26.0 Å². The third-order valence-electron chi connectivity index (χ3n) is 5.02. The molecule has 0 spiro atoms. The highest BCUT2D eigenvalue weighted by Gasteiger charge is 2.34. The van der Waals surface area contributed by atoms with Crippen LogP contribution in [0.5, 0.6) is 0 Å². The molecule has 19 heavy (non-hydrogen) atoms. The van der Waals surface area contributed by atoms with Gasteiger partial charge in [-0.3, -0.25) is 0 Å². The molecule has 0 bridgehead atoms. The minimum Gasteiger partial charge on any atom is -0.330 e. The Bertz CT molecular complexity index is 400. The molecule has 0 radical (unpaired) electrons. The monoisotopic (exact) mass is 275 g/mol. The minimum atomic E-state index is 0.288. The fourth-order valence-electron chi connectivity index (χ4n) is 3.75. The SMILES string of the molecule is NCC1(c2ccc(SC3CCCC3)cc2)CCCC1. The van der Waals surface area contributed by atoms with Crippen LogP contribution in [0.1, 0.15) is 56.9 Å². The highest BCUT2D eigenvalue weighted by Crippen LogP contribution is 2.41. The second-order valence-corrected chi connectivity index (χ2v) is 7.61. The summed E-state index contributed by atoms with van der Waals surface area (Å²) in [6, 6.07) is 9.34. The molecule has 1 aromatic rings. The second kappa shape index (κ2) is 5.88. The van der Waals surface area contributed by atoms with Crippen LogP contribution in [0.4, 0.5) is 0 Å². The molecule has 2 heteroatoms. The van der Waals surface area contributed by atoms with E-state index in [1.54, 1.807) is 0 Å². The van der Waals surface area contributed by atoms with Crippen molar-refractivity contribution in [1.82, 2.24) is 0 Å². The summed E-state index contributed by atoms with van der Waals surface area (Å²) in [7, 11) is 0. The van der Waals surface area contributed by atoms with E-state index in [0.717, 1.165) is 11.8 Å². The summed E-state index contributed by atoms with van der Waals surface area (Å²) in [5.41, 5.74) is 7.83. The lowest BCUT2D eigenvalue weighted by atomic mass is 9.79. The molecular formula is C17H25NS. The lowest BCUT2D eigenvalue weighted by molar-refractivity contribution is 0.453. The van der Waals surface area contributed by atoms with Crippen molar-refractivity contribution in [1.29, 1.82) is 0 Å². The Labute approximate surface area is 121 Å². The molecule has 2 aliphatic rings. The number of rotatable bonds is 4. The van der Waals surface area contributed by atoms with Gasteiger partial charge in [0.25, 0.3) is 0 Å². The first-order valence-electron chi connectivity index (χ1n) is 7.80. The molecule has 2 N–H and O–H groups in total. The van der Waals surface area contributed by atoms with Gasteiger partial charge in [-0.05, 0) is 43.4 Å². The van der Waals surface area contributed by atoms with E-state index in [1.165, 1.54) is 61.8 Å². The zero-order chi connectivity index (χ0) is 13.1. The van der Waals surface area contributed by atoms with Gasteiger partial charge in [-0.1, -0.05) is 37.8 Å². The Kier molecular flexibility index (Phi) is 4.18. The highest BCUT2D eigenvalue weighted by molar-refractivity contribution is 8.00. The van der Waals surface area contributed by atoms with Crippen LogP contribution in [0.15, 0.2) is 29.2 Å². The third kappa shape index (κ3) is 2.85. The molecule has 3 rings (SSSR count). The van der Waals surface area contributed by atoms with Gasteiger partial charge >= 0.3 is 0 Å². The average Bonchev–Trinajstić information content (AvgIpc) is 3.11. The summed E-state index contributed by atoms with van der Waals surface area (Å²) in [6.45, 7) is 0.808. The smallest absolute Gasteiger partial charge is 0.00944 e. The van der Waals surface area contributed by atoms with Gasteiger partial charge in [0.05, 0.1) is 0 Å². The fraction of sp³-hybridized carbons (Fsp3) is 0.647. The molecule has 0 atom stereocenters. The van der Waals surface area contributed by atoms with Crippen LogP contribution in [0.3, 0.4) is 0 Å². The molecule has 2 aliphatic carbocycles. The lowest BCUT2D eigenvalue weighted by Crippen LogP contribution is -2.31. The van der Waals surface area contributed by atoms with E-state index < -0.39 is 0 Å². The minimum absolute atomic E-state index is 0.288. The molecule has 0 saturated heterocycles. The first kappa shape index (κ1) is 13.5. The molecule has 2 saturated carbocycles. The zero-order valence-electron chi connectivity index (χ0n) is 11.7. The highest BCUT2D eigenvalue weighted by atomic mass is 32.2. The normalized spacial score (nSPS) is 23.0. The Balaban J connectivity index is 1.71. The van der Waals surface area contributed by atoms with Crippen LogP contribution >= 0.6 is 11.8 Å². The van der Waals surface area contributed by atoms with Crippen molar-refractivity contribution in [2.24, 2.45) is 5.73 Å². The number of hydrogen-bond acceptors (Lipinski definition) is 2. The summed E-state index contributed by atoms with van der Waals surface area (Å²) in [6.07, 6.45) is 10.9. The van der Waals surface area contributed by atoms with Crippen molar-refractivity contribution in [2.75, 3.05) is 6.54 Å². The maximum atomic E-state index is 6.07. The summed E-state index contributed by atoms with van der Waals surface area (Å²) < 4.78 is 0. The number of hydrogen-bond donors (Lipinski definition) is 1. The zero-order valence-corrected chi connectivity index (χ0v) is 12.6. The molecule has 1 aromatic carbocycles. The van der Waals surface area contributed by atoms with Gasteiger partial charge in [0.2, 0.25) is 0 Å². The summed E-state index contributed by atoms with van der Waals surface area (Å²) in [5.74, 6) is 0. The standard InChI is InChI=1S/C17H25NS/c18-13-17(11-3-4-12-17)14-7-9-16(10-8-14)19-15-5-1-2-6-15/h7-10,15H,1-6,11-13,18H2. The molecular weight excluding hydrogens is 250 g/mol. The first-order valence-corrected chi connectivity index (χ1v) is 8.68. The van der Waals surface area contributed by atoms with Crippen molar-refractivity contribution in [3.05, 3.63) is 29.8 Å². The van der Waals surface area contributed by atoms with Crippen LogP contribution in [0.25, 0.3) is 0 Å². The van der Waals surface area contributed by atoms with Crippen LogP contribution in [-0.2, 0) is 5.41 Å². The van der Waals surface area contributed by atoms with Gasteiger partial charge < -0.3 is 5.73 Å². The maximum Gasteiger partial charge on any atom is 0.00944 e. The molecule has 0 aromatic heterocycles. The lowest BCUT2D eigenvalue weighted by Gasteiger charge is -2.28. The molecule has 104 valence electrons. The van der Waals surface area contributed by atoms with Gasteiger partial charge in [-0.15, -0.1) is 11.8 Å². The number of thioether (sulfide) groups is 1. The summed E-state index contributed by atoms with van der Waals surface area (Å²) in [4.78, 5) is 1.45. The van der Waals surface area contributed by atoms with Gasteiger partial charge in [0.15, 0.2) is 0 Å². The van der Waals surface area contributed by atoms with Crippen molar-refractivity contribution in [3.8, 4) is 0 Å². The molecule has 0 unspecified atom stereocenters. The van der Waals surface area contributed by atoms with Gasteiger partial charge in [0.1, 0.15) is 0 Å². The van der Waals surface area contributed by atoms with Crippen LogP contribution < -0.4 is 5.73 Å². The van der Waals surface area contributed by atoms with E-state index in [9.17, 15) is 0 Å². The predicted octanol–water partition coefficient (Wildman–Crippen LogP) is 4.49. The van der Waals surface area contributed by atoms with Gasteiger partial charge in [0, 0.05) is 22.1 Å². The molecule has 0 amide bonds. The van der Waals surface area contributed by atoms with E-state index in [2.05, 4.69) is 36.0 Å². The quantitative estimate of drug-likeness (QED) is 0.876. The summed E-state index contributed by atoms with van der Waals surface area (Å²) >= 11 is 2.08. The maximum absolute atomic E-state index is 6.07. The van der Waals surface area contributed by atoms with E-state index in [0.29, 0.717) is 0 Å². The Morgan fingerprint density at radius 1 is 1.00 bits per heavy atom. The molecule has 0 aliphatic heterocycles. The molecule has 1 nitrogen and oxygen atoms in total. The first-order chi connectivity index (χ1) is 9.32. The Morgan fingerprint density at radius 2 is 1.63 bits per heavy atom. The molecule has 2 fully saturated rings. The van der Waals surface area contributed by atoms with Crippen LogP contribution in [0, 0.1) is 0 Å². The average molecular weight is 275 g/mol. The predicted molar refractivity (Wildman–Crippen MR) is 83.8 cm³/mol. The Hall–Kier alpha value is -0.470. The Morgan fingerprint density at radius 3 is 2.21 bits per heavy atom. The third-order valence-corrected chi connectivity index (χ3v) is 6.37. The fourth-order valence-corrected chi connectivity index (χ4v) is 5.00. The largest absolute Gasteiger partial charge is 0.330 e. The van der Waals surface area contributed by atoms with Gasteiger partial charge in [-0.2, -0.15) is 0 Å². The number of benzene rings is 1. The van der Waals surface area contributed by atoms with E-state index >= 15 is 0 Å². The van der Waals surface area contributed by atoms with E-state index in [-0.39, 0.29) is 5.41 Å². The van der Waals surface area contributed by atoms with Crippen molar-refractivity contribution < 1.29 is 0 Å². The second-order valence-electron chi connectivity index (χ2n) is 6.24. The molecule has 0 heterocycles. The van der Waals surface area contributed by atoms with E-state index in [4.69, 9.17) is 5.73 Å². The number of nitrogens with two attached hydrogens (primary N) is 1. The van der Waals surface area contributed by atoms with Crippen molar-refractivity contribution in [3.63, 3.8) is 0 Å². The van der Waals surface area contributed by atoms with Crippen LogP contribution in [-0.4, -0.2) is 11.8 Å². The van der Waals surface area contributed by atoms with Gasteiger partial charge in [-0.25, -0.2) is 0 Å². The van der Waals surface area contributed by atoms with E-state index in [1.807, 2.05) is 0 Å². The van der Waals surface area contributed by atoms with Crippen molar-refractivity contribution >= 4 is 11.8 Å². The van der Waals surface area contributed by atoms with Crippen molar-refractivity contribution in [2.45, 2.75) is 66.9 Å².